The molecule has 2 aromatic rings. The second-order valence-electron chi connectivity index (χ2n) is 6.44. The van der Waals surface area contributed by atoms with Gasteiger partial charge >= 0.3 is 0 Å². The molecule has 0 saturated carbocycles. The summed E-state index contributed by atoms with van der Waals surface area (Å²) >= 11 is 0. The van der Waals surface area contributed by atoms with Crippen molar-refractivity contribution in [3.05, 3.63) is 60.2 Å². The van der Waals surface area contributed by atoms with Gasteiger partial charge in [-0.2, -0.15) is 0 Å². The fourth-order valence-corrected chi connectivity index (χ4v) is 3.17. The maximum Gasteiger partial charge on any atom is 0.271 e. The van der Waals surface area contributed by atoms with Gasteiger partial charge < -0.3 is 15.4 Å². The second kappa shape index (κ2) is 8.18. The number of rotatable bonds is 6. The lowest BCUT2D eigenvalue weighted by Crippen LogP contribution is -2.57. The third-order valence-corrected chi connectivity index (χ3v) is 4.66. The molecular weight excluding hydrogens is 316 g/mol. The van der Waals surface area contributed by atoms with E-state index in [0.29, 0.717) is 25.5 Å². The summed E-state index contributed by atoms with van der Waals surface area (Å²) in [4.78, 5) is 20.3. The minimum absolute atomic E-state index is 0.188. The van der Waals surface area contributed by atoms with Crippen LogP contribution in [0.4, 0.5) is 0 Å². The van der Waals surface area contributed by atoms with Gasteiger partial charge in [-0.15, -0.1) is 0 Å². The van der Waals surface area contributed by atoms with E-state index in [2.05, 4.69) is 39.7 Å². The fourth-order valence-electron chi connectivity index (χ4n) is 3.17. The van der Waals surface area contributed by atoms with Crippen LogP contribution in [0.3, 0.4) is 0 Å². The van der Waals surface area contributed by atoms with Crippen LogP contribution >= 0.6 is 0 Å². The molecule has 1 aromatic heterocycles. The first-order chi connectivity index (χ1) is 12.2. The molecule has 25 heavy (non-hydrogen) atoms. The van der Waals surface area contributed by atoms with Crippen LogP contribution in [-0.2, 0) is 4.74 Å². The highest BCUT2D eigenvalue weighted by molar-refractivity contribution is 5.91. The average molecular weight is 340 g/mol. The zero-order valence-electron chi connectivity index (χ0n) is 14.4. The van der Waals surface area contributed by atoms with Gasteiger partial charge in [0.25, 0.3) is 5.91 Å². The van der Waals surface area contributed by atoms with E-state index < -0.39 is 0 Å². The molecule has 2 N–H and O–H groups in total. The Labute approximate surface area is 148 Å². The molecule has 1 atom stereocenters. The Balaban J connectivity index is 1.67. The van der Waals surface area contributed by atoms with Crippen LogP contribution in [0.2, 0.25) is 0 Å². The number of benzene rings is 1. The number of ether oxygens (including phenoxy) is 1. The molecule has 132 valence electrons. The van der Waals surface area contributed by atoms with E-state index in [1.165, 1.54) is 18.0 Å². The van der Waals surface area contributed by atoms with Gasteiger partial charge in [0.2, 0.25) is 0 Å². The molecule has 3 rings (SSSR count). The quantitative estimate of drug-likeness (QED) is 0.842. The van der Waals surface area contributed by atoms with Crippen LogP contribution < -0.4 is 10.6 Å². The zero-order valence-corrected chi connectivity index (χ0v) is 14.4. The number of nitrogens with one attached hydrogen (secondary N) is 2. The lowest BCUT2D eigenvalue weighted by molar-refractivity contribution is 0.0332. The first-order valence-electron chi connectivity index (χ1n) is 8.63. The Morgan fingerprint density at radius 2 is 2.00 bits per heavy atom. The van der Waals surface area contributed by atoms with E-state index in [0.717, 1.165) is 12.8 Å². The summed E-state index contributed by atoms with van der Waals surface area (Å²) in [5.41, 5.74) is 1.38. The van der Waals surface area contributed by atoms with Gasteiger partial charge in [0.1, 0.15) is 5.69 Å². The SMILES string of the molecule is CC(NC1(CNC(=O)c2cnccn2)CCOCC1)c1ccccc1. The third-order valence-electron chi connectivity index (χ3n) is 4.66. The van der Waals surface area contributed by atoms with E-state index in [-0.39, 0.29) is 17.5 Å². The van der Waals surface area contributed by atoms with Crippen molar-refractivity contribution in [3.8, 4) is 0 Å². The minimum atomic E-state index is -0.201. The molecule has 1 aliphatic heterocycles. The molecule has 1 aliphatic rings. The van der Waals surface area contributed by atoms with E-state index in [1.54, 1.807) is 6.20 Å². The molecule has 0 radical (unpaired) electrons. The van der Waals surface area contributed by atoms with Gasteiger partial charge in [-0.05, 0) is 25.3 Å². The molecule has 1 unspecified atom stereocenters. The van der Waals surface area contributed by atoms with Crippen molar-refractivity contribution in [2.45, 2.75) is 31.3 Å². The lowest BCUT2D eigenvalue weighted by Gasteiger charge is -2.40. The summed E-state index contributed by atoms with van der Waals surface area (Å²) < 4.78 is 5.53. The van der Waals surface area contributed by atoms with Crippen LogP contribution in [0, 0.1) is 0 Å². The van der Waals surface area contributed by atoms with Crippen LogP contribution in [-0.4, -0.2) is 41.2 Å². The molecule has 1 aromatic carbocycles. The van der Waals surface area contributed by atoms with Crippen molar-refractivity contribution in [3.63, 3.8) is 0 Å². The van der Waals surface area contributed by atoms with Crippen LogP contribution in [0.1, 0.15) is 41.9 Å². The Morgan fingerprint density at radius 1 is 1.24 bits per heavy atom. The number of carbonyl (C=O) groups excluding carboxylic acids is 1. The predicted octanol–water partition coefficient (Wildman–Crippen LogP) is 2.11. The Morgan fingerprint density at radius 3 is 2.68 bits per heavy atom. The molecule has 2 heterocycles. The van der Waals surface area contributed by atoms with E-state index in [9.17, 15) is 4.79 Å². The van der Waals surface area contributed by atoms with E-state index in [1.807, 2.05) is 18.2 Å². The number of amides is 1. The highest BCUT2D eigenvalue weighted by Crippen LogP contribution is 2.25. The third kappa shape index (κ3) is 4.61. The molecule has 0 aliphatic carbocycles. The van der Waals surface area contributed by atoms with Crippen LogP contribution in [0.5, 0.6) is 0 Å². The Kier molecular flexibility index (Phi) is 5.73. The first kappa shape index (κ1) is 17.5. The Bertz CT molecular complexity index is 672. The van der Waals surface area contributed by atoms with Gasteiger partial charge in [0.15, 0.2) is 0 Å². The van der Waals surface area contributed by atoms with Crippen molar-refractivity contribution >= 4 is 5.91 Å². The molecular formula is C19H24N4O2. The molecule has 1 amide bonds. The fraction of sp³-hybridized carbons (Fsp3) is 0.421. The summed E-state index contributed by atoms with van der Waals surface area (Å²) in [5.74, 6) is -0.201. The average Bonchev–Trinajstić information content (AvgIpc) is 2.68. The summed E-state index contributed by atoms with van der Waals surface area (Å²) in [6.07, 6.45) is 6.26. The molecule has 0 bridgehead atoms. The topological polar surface area (TPSA) is 76.1 Å². The number of carbonyl (C=O) groups is 1. The molecule has 6 heteroatoms. The molecule has 1 fully saturated rings. The number of aromatic nitrogens is 2. The first-order valence-corrected chi connectivity index (χ1v) is 8.63. The van der Waals surface area contributed by atoms with Crippen LogP contribution in [0.25, 0.3) is 0 Å². The van der Waals surface area contributed by atoms with Crippen molar-refractivity contribution in [2.24, 2.45) is 0 Å². The number of hydrogen-bond donors (Lipinski definition) is 2. The highest BCUT2D eigenvalue weighted by atomic mass is 16.5. The number of hydrogen-bond acceptors (Lipinski definition) is 5. The van der Waals surface area contributed by atoms with Gasteiger partial charge in [-0.25, -0.2) is 4.98 Å². The summed E-state index contributed by atoms with van der Waals surface area (Å²) in [7, 11) is 0. The maximum absolute atomic E-state index is 12.3. The van der Waals surface area contributed by atoms with Crippen molar-refractivity contribution in [2.75, 3.05) is 19.8 Å². The highest BCUT2D eigenvalue weighted by Gasteiger charge is 2.34. The van der Waals surface area contributed by atoms with Crippen molar-refractivity contribution in [1.82, 2.24) is 20.6 Å². The molecule has 0 spiro atoms. The Hall–Kier alpha value is -2.31. The van der Waals surface area contributed by atoms with Gasteiger partial charge in [-0.3, -0.25) is 9.78 Å². The van der Waals surface area contributed by atoms with E-state index >= 15 is 0 Å². The number of nitrogens with zero attached hydrogens (tertiary/aromatic N) is 2. The van der Waals surface area contributed by atoms with Gasteiger partial charge in [0, 0.05) is 43.7 Å². The maximum atomic E-state index is 12.3. The summed E-state index contributed by atoms with van der Waals surface area (Å²) in [6.45, 7) is 4.06. The molecule has 1 saturated heterocycles. The normalized spacial score (nSPS) is 17.6. The lowest BCUT2D eigenvalue weighted by atomic mass is 9.88. The zero-order chi connectivity index (χ0) is 17.5. The monoisotopic (exact) mass is 340 g/mol. The van der Waals surface area contributed by atoms with E-state index in [4.69, 9.17) is 4.74 Å². The standard InChI is InChI=1S/C19H24N4O2/c1-15(16-5-3-2-4-6-16)23-19(7-11-25-12-8-19)14-22-18(24)17-13-20-9-10-21-17/h2-6,9-10,13,15,23H,7-8,11-12,14H2,1H3,(H,22,24). The minimum Gasteiger partial charge on any atom is -0.381 e. The molecule has 6 nitrogen and oxygen atoms in total. The van der Waals surface area contributed by atoms with Gasteiger partial charge in [-0.1, -0.05) is 30.3 Å². The second-order valence-corrected chi connectivity index (χ2v) is 6.44. The smallest absolute Gasteiger partial charge is 0.271 e. The summed E-state index contributed by atoms with van der Waals surface area (Å²) in [5, 5.41) is 6.73. The van der Waals surface area contributed by atoms with Gasteiger partial charge in [0.05, 0.1) is 6.20 Å². The van der Waals surface area contributed by atoms with Crippen LogP contribution in [0.15, 0.2) is 48.9 Å². The largest absolute Gasteiger partial charge is 0.381 e. The van der Waals surface area contributed by atoms with Crippen molar-refractivity contribution < 1.29 is 9.53 Å². The van der Waals surface area contributed by atoms with Crippen molar-refractivity contribution in [1.29, 1.82) is 0 Å². The predicted molar refractivity (Wildman–Crippen MR) is 95.1 cm³/mol. The summed E-state index contributed by atoms with van der Waals surface area (Å²) in [6, 6.07) is 10.5.